The topological polar surface area (TPSA) is 60.3 Å². The number of nitrogens with zero attached hydrogens (tertiary/aromatic N) is 1. The molecule has 0 unspecified atom stereocenters. The van der Waals surface area contributed by atoms with E-state index in [0.717, 1.165) is 36.2 Å². The van der Waals surface area contributed by atoms with Crippen molar-refractivity contribution in [2.45, 2.75) is 45.7 Å². The van der Waals surface area contributed by atoms with E-state index in [1.165, 1.54) is 11.1 Å². The van der Waals surface area contributed by atoms with Gasteiger partial charge in [-0.05, 0) is 55.9 Å². The molecule has 160 valence electrons. The number of hydrogen-bond acceptors (Lipinski definition) is 3. The summed E-state index contributed by atoms with van der Waals surface area (Å²) in [6, 6.07) is 20.0. The van der Waals surface area contributed by atoms with E-state index >= 15 is 0 Å². The Morgan fingerprint density at radius 3 is 2.61 bits per heavy atom. The van der Waals surface area contributed by atoms with Gasteiger partial charge in [0.25, 0.3) is 0 Å². The molecule has 1 N–H and O–H groups in total. The maximum atomic E-state index is 13.1. The highest BCUT2D eigenvalue weighted by Crippen LogP contribution is 2.30. The van der Waals surface area contributed by atoms with Crippen molar-refractivity contribution in [1.29, 1.82) is 0 Å². The number of carbonyl (C=O) groups is 2. The zero-order chi connectivity index (χ0) is 21.8. The lowest BCUT2D eigenvalue weighted by Crippen LogP contribution is -2.33. The van der Waals surface area contributed by atoms with E-state index in [-0.39, 0.29) is 24.5 Å². The Kier molecular flexibility index (Phi) is 6.21. The first-order chi connectivity index (χ1) is 15.1. The molecule has 1 amide bonds. The van der Waals surface area contributed by atoms with Crippen LogP contribution in [-0.4, -0.2) is 23.1 Å². The second-order valence-electron chi connectivity index (χ2n) is 7.91. The van der Waals surface area contributed by atoms with Crippen LogP contribution in [0.2, 0.25) is 0 Å². The van der Waals surface area contributed by atoms with Crippen LogP contribution in [0.15, 0.2) is 60.7 Å². The van der Waals surface area contributed by atoms with Crippen LogP contribution >= 0.6 is 0 Å². The molecule has 1 aliphatic rings. The number of carbonyl (C=O) groups excluding carboxylic acids is 2. The molecule has 1 aromatic heterocycles. The van der Waals surface area contributed by atoms with Gasteiger partial charge < -0.3 is 14.6 Å². The molecular weight excluding hydrogens is 388 g/mol. The lowest BCUT2D eigenvalue weighted by molar-refractivity contribution is -0.122. The Morgan fingerprint density at radius 2 is 1.84 bits per heavy atom. The van der Waals surface area contributed by atoms with Crippen LogP contribution in [0.1, 0.15) is 53.0 Å². The van der Waals surface area contributed by atoms with Crippen molar-refractivity contribution in [3.8, 4) is 11.3 Å². The van der Waals surface area contributed by atoms with Gasteiger partial charge >= 0.3 is 5.97 Å². The van der Waals surface area contributed by atoms with E-state index in [2.05, 4.69) is 23.5 Å². The van der Waals surface area contributed by atoms with Crippen molar-refractivity contribution in [3.05, 3.63) is 83.0 Å². The van der Waals surface area contributed by atoms with Gasteiger partial charge in [0, 0.05) is 11.4 Å². The van der Waals surface area contributed by atoms with Gasteiger partial charge in [0.05, 0.1) is 18.2 Å². The Bertz CT molecular complexity index is 1090. The van der Waals surface area contributed by atoms with E-state index in [1.807, 2.05) is 54.0 Å². The number of aryl methyl sites for hydroxylation is 1. The summed E-state index contributed by atoms with van der Waals surface area (Å²) >= 11 is 0. The fourth-order valence-electron chi connectivity index (χ4n) is 4.40. The van der Waals surface area contributed by atoms with E-state index < -0.39 is 0 Å². The van der Waals surface area contributed by atoms with Gasteiger partial charge in [0.2, 0.25) is 5.91 Å². The molecule has 0 saturated carbocycles. The van der Waals surface area contributed by atoms with Gasteiger partial charge in [-0.25, -0.2) is 4.79 Å². The molecule has 0 spiro atoms. The number of hydrogen-bond donors (Lipinski definition) is 1. The Labute approximate surface area is 183 Å². The van der Waals surface area contributed by atoms with Crippen molar-refractivity contribution in [3.63, 3.8) is 0 Å². The highest BCUT2D eigenvalue weighted by atomic mass is 16.5. The fraction of sp³-hybridized carbons (Fsp3) is 0.308. The predicted octanol–water partition coefficient (Wildman–Crippen LogP) is 4.83. The monoisotopic (exact) mass is 416 g/mol. The van der Waals surface area contributed by atoms with E-state index in [4.69, 9.17) is 4.74 Å². The third-order valence-electron chi connectivity index (χ3n) is 5.94. The molecule has 4 rings (SSSR count). The third kappa shape index (κ3) is 4.41. The van der Waals surface area contributed by atoms with Crippen LogP contribution in [0.4, 0.5) is 0 Å². The van der Waals surface area contributed by atoms with Crippen LogP contribution in [0, 0.1) is 6.92 Å². The molecule has 3 aromatic rings. The van der Waals surface area contributed by atoms with Gasteiger partial charge in [-0.3, -0.25) is 4.79 Å². The van der Waals surface area contributed by atoms with E-state index in [0.29, 0.717) is 12.2 Å². The predicted molar refractivity (Wildman–Crippen MR) is 121 cm³/mol. The number of esters is 1. The molecule has 1 atom stereocenters. The standard InChI is InChI=1S/C26H28N2O3/c1-3-31-26(30)22-16-24(20-11-5-4-6-12-20)28(18(22)2)17-25(29)27-23-15-9-13-19-10-7-8-14-21(19)23/h4-8,10-12,14,16,23H,3,9,13,15,17H2,1-2H3,(H,27,29)/t23-/m1/s1. The molecule has 1 heterocycles. The lowest BCUT2D eigenvalue weighted by atomic mass is 9.88. The number of aromatic nitrogens is 1. The van der Waals surface area contributed by atoms with E-state index in [9.17, 15) is 9.59 Å². The van der Waals surface area contributed by atoms with Crippen LogP contribution < -0.4 is 5.32 Å². The minimum Gasteiger partial charge on any atom is -0.462 e. The van der Waals surface area contributed by atoms with Crippen molar-refractivity contribution in [1.82, 2.24) is 9.88 Å². The second-order valence-corrected chi connectivity index (χ2v) is 7.91. The van der Waals surface area contributed by atoms with Crippen LogP contribution in [0.5, 0.6) is 0 Å². The first kappa shape index (κ1) is 20.9. The normalized spacial score (nSPS) is 15.2. The smallest absolute Gasteiger partial charge is 0.339 e. The largest absolute Gasteiger partial charge is 0.462 e. The highest BCUT2D eigenvalue weighted by Gasteiger charge is 2.24. The molecule has 0 saturated heterocycles. The molecule has 5 heteroatoms. The molecule has 31 heavy (non-hydrogen) atoms. The van der Waals surface area contributed by atoms with Crippen molar-refractivity contribution in [2.24, 2.45) is 0 Å². The summed E-state index contributed by atoms with van der Waals surface area (Å²) in [6.45, 7) is 4.11. The first-order valence-electron chi connectivity index (χ1n) is 10.9. The molecular formula is C26H28N2O3. The van der Waals surface area contributed by atoms with Gasteiger partial charge in [-0.15, -0.1) is 0 Å². The van der Waals surface area contributed by atoms with Gasteiger partial charge in [-0.1, -0.05) is 54.6 Å². The molecule has 0 aliphatic heterocycles. The molecule has 1 aliphatic carbocycles. The van der Waals surface area contributed by atoms with Crippen LogP contribution in [0.3, 0.4) is 0 Å². The average molecular weight is 417 g/mol. The summed E-state index contributed by atoms with van der Waals surface area (Å²) in [4.78, 5) is 25.5. The second kappa shape index (κ2) is 9.21. The first-order valence-corrected chi connectivity index (χ1v) is 10.9. The Hall–Kier alpha value is -3.34. The number of fused-ring (bicyclic) bond motifs is 1. The van der Waals surface area contributed by atoms with Crippen molar-refractivity contribution < 1.29 is 14.3 Å². The van der Waals surface area contributed by atoms with Gasteiger partial charge in [0.1, 0.15) is 6.54 Å². The Morgan fingerprint density at radius 1 is 1.10 bits per heavy atom. The summed E-state index contributed by atoms with van der Waals surface area (Å²) in [5, 5.41) is 3.22. The summed E-state index contributed by atoms with van der Waals surface area (Å²) in [5.41, 5.74) is 5.54. The van der Waals surface area contributed by atoms with E-state index in [1.54, 1.807) is 6.92 Å². The molecule has 0 radical (unpaired) electrons. The molecule has 2 aromatic carbocycles. The molecule has 0 bridgehead atoms. The Balaban J connectivity index is 1.61. The quantitative estimate of drug-likeness (QED) is 0.585. The summed E-state index contributed by atoms with van der Waals surface area (Å²) < 4.78 is 7.13. The number of rotatable bonds is 6. The molecule has 0 fully saturated rings. The van der Waals surface area contributed by atoms with Crippen LogP contribution in [-0.2, 0) is 22.5 Å². The maximum absolute atomic E-state index is 13.1. The minimum absolute atomic E-state index is 0.0259. The van der Waals surface area contributed by atoms with Crippen molar-refractivity contribution >= 4 is 11.9 Å². The fourth-order valence-corrected chi connectivity index (χ4v) is 4.40. The van der Waals surface area contributed by atoms with Crippen LogP contribution in [0.25, 0.3) is 11.3 Å². The van der Waals surface area contributed by atoms with Crippen molar-refractivity contribution in [2.75, 3.05) is 6.61 Å². The number of nitrogens with one attached hydrogen (secondary N) is 1. The third-order valence-corrected chi connectivity index (χ3v) is 5.94. The summed E-state index contributed by atoms with van der Waals surface area (Å²) in [7, 11) is 0. The minimum atomic E-state index is -0.363. The van der Waals surface area contributed by atoms with Gasteiger partial charge in [0.15, 0.2) is 0 Å². The summed E-state index contributed by atoms with van der Waals surface area (Å²) in [5.74, 6) is -0.425. The molecule has 5 nitrogen and oxygen atoms in total. The number of ether oxygens (including phenoxy) is 1. The SMILES string of the molecule is CCOC(=O)c1cc(-c2ccccc2)n(CC(=O)N[C@@H]2CCCc3ccccc32)c1C. The van der Waals surface area contributed by atoms with Gasteiger partial charge in [-0.2, -0.15) is 0 Å². The maximum Gasteiger partial charge on any atom is 0.339 e. The number of amides is 1. The zero-order valence-electron chi connectivity index (χ0n) is 18.1. The summed E-state index contributed by atoms with van der Waals surface area (Å²) in [6.07, 6.45) is 3.06. The number of benzene rings is 2. The zero-order valence-corrected chi connectivity index (χ0v) is 18.1. The lowest BCUT2D eigenvalue weighted by Gasteiger charge is -2.26. The average Bonchev–Trinajstić information content (AvgIpc) is 3.11. The highest BCUT2D eigenvalue weighted by molar-refractivity contribution is 5.93.